The standard InChI is InChI=1S/C13H16ClIN4O2/c1-13(2,3)8(5-21-12(16)20)19-4-7(15)9-10(14)17-6-18-11(9)19/h4,6,8H,5H2,1-3H3,(H2,16,20). The van der Waals surface area contributed by atoms with Crippen molar-refractivity contribution in [3.63, 3.8) is 0 Å². The highest BCUT2D eigenvalue weighted by atomic mass is 127. The Morgan fingerprint density at radius 2 is 2.19 bits per heavy atom. The molecule has 2 N–H and O–H groups in total. The van der Waals surface area contributed by atoms with Crippen molar-refractivity contribution in [2.75, 3.05) is 6.61 Å². The number of carbonyl (C=O) groups is 1. The van der Waals surface area contributed by atoms with Gasteiger partial charge >= 0.3 is 6.09 Å². The lowest BCUT2D eigenvalue weighted by Crippen LogP contribution is -2.30. The van der Waals surface area contributed by atoms with Crippen LogP contribution in [-0.2, 0) is 4.74 Å². The lowest BCUT2D eigenvalue weighted by atomic mass is 9.87. The van der Waals surface area contributed by atoms with Crippen molar-refractivity contribution in [1.82, 2.24) is 14.5 Å². The highest BCUT2D eigenvalue weighted by Gasteiger charge is 2.30. The van der Waals surface area contributed by atoms with Gasteiger partial charge in [0.15, 0.2) is 0 Å². The summed E-state index contributed by atoms with van der Waals surface area (Å²) >= 11 is 8.34. The minimum atomic E-state index is -0.789. The Balaban J connectivity index is 2.55. The first kappa shape index (κ1) is 16.3. The Morgan fingerprint density at radius 1 is 1.52 bits per heavy atom. The summed E-state index contributed by atoms with van der Waals surface area (Å²) in [5.74, 6) is 0. The molecule has 0 aliphatic carbocycles. The van der Waals surface area contributed by atoms with Crippen LogP contribution in [-0.4, -0.2) is 27.2 Å². The Kier molecular flexibility index (Phi) is 4.62. The topological polar surface area (TPSA) is 83.0 Å². The van der Waals surface area contributed by atoms with Crippen molar-refractivity contribution in [2.24, 2.45) is 11.1 Å². The molecule has 0 radical (unpaired) electrons. The number of hydrogen-bond acceptors (Lipinski definition) is 4. The van der Waals surface area contributed by atoms with Gasteiger partial charge in [-0.2, -0.15) is 0 Å². The summed E-state index contributed by atoms with van der Waals surface area (Å²) in [5, 5.41) is 1.21. The van der Waals surface area contributed by atoms with Crippen molar-refractivity contribution >= 4 is 51.3 Å². The summed E-state index contributed by atoms with van der Waals surface area (Å²) in [4.78, 5) is 19.3. The Bertz CT molecular complexity index is 681. The van der Waals surface area contributed by atoms with E-state index in [1.54, 1.807) is 0 Å². The van der Waals surface area contributed by atoms with Crippen LogP contribution in [0.4, 0.5) is 4.79 Å². The van der Waals surface area contributed by atoms with Gasteiger partial charge in [0.1, 0.15) is 23.7 Å². The second-order valence-electron chi connectivity index (χ2n) is 5.76. The van der Waals surface area contributed by atoms with E-state index in [1.807, 2.05) is 10.8 Å². The Morgan fingerprint density at radius 3 is 2.76 bits per heavy atom. The zero-order valence-corrected chi connectivity index (χ0v) is 14.8. The third kappa shape index (κ3) is 3.39. The first-order valence-electron chi connectivity index (χ1n) is 6.30. The van der Waals surface area contributed by atoms with Gasteiger partial charge in [-0.05, 0) is 28.0 Å². The zero-order valence-electron chi connectivity index (χ0n) is 11.9. The first-order valence-corrected chi connectivity index (χ1v) is 7.76. The number of halogens is 2. The highest BCUT2D eigenvalue weighted by molar-refractivity contribution is 14.1. The molecule has 8 heteroatoms. The maximum atomic E-state index is 10.9. The van der Waals surface area contributed by atoms with Crippen molar-refractivity contribution in [1.29, 1.82) is 0 Å². The van der Waals surface area contributed by atoms with E-state index >= 15 is 0 Å². The smallest absolute Gasteiger partial charge is 0.404 e. The van der Waals surface area contributed by atoms with E-state index in [0.29, 0.717) is 10.8 Å². The second kappa shape index (κ2) is 5.96. The lowest BCUT2D eigenvalue weighted by molar-refractivity contribution is 0.102. The van der Waals surface area contributed by atoms with E-state index in [1.165, 1.54) is 6.33 Å². The van der Waals surface area contributed by atoms with Crippen molar-refractivity contribution in [3.05, 3.63) is 21.2 Å². The molecule has 6 nitrogen and oxygen atoms in total. The fraction of sp³-hybridized carbons (Fsp3) is 0.462. The third-order valence-corrected chi connectivity index (χ3v) is 4.34. The average Bonchev–Trinajstić information content (AvgIpc) is 2.66. The van der Waals surface area contributed by atoms with Crippen molar-refractivity contribution in [2.45, 2.75) is 26.8 Å². The number of hydrogen-bond donors (Lipinski definition) is 1. The Labute approximate surface area is 141 Å². The van der Waals surface area contributed by atoms with Crippen LogP contribution < -0.4 is 5.73 Å². The van der Waals surface area contributed by atoms with Crippen LogP contribution in [0.2, 0.25) is 5.15 Å². The van der Waals surface area contributed by atoms with Crippen LogP contribution in [0.1, 0.15) is 26.8 Å². The van der Waals surface area contributed by atoms with Crippen molar-refractivity contribution < 1.29 is 9.53 Å². The molecular weight excluding hydrogens is 407 g/mol. The molecule has 21 heavy (non-hydrogen) atoms. The fourth-order valence-electron chi connectivity index (χ4n) is 2.15. The van der Waals surface area contributed by atoms with Crippen LogP contribution in [0, 0.1) is 8.99 Å². The Hall–Kier alpha value is -1.09. The predicted molar refractivity (Wildman–Crippen MR) is 89.3 cm³/mol. The molecule has 0 aliphatic heterocycles. The SMILES string of the molecule is CC(C)(C)C(COC(N)=O)n1cc(I)c2c(Cl)ncnc21. The largest absolute Gasteiger partial charge is 0.447 e. The van der Waals surface area contributed by atoms with Gasteiger partial charge < -0.3 is 15.0 Å². The van der Waals surface area contributed by atoms with E-state index in [4.69, 9.17) is 22.1 Å². The van der Waals surface area contributed by atoms with Gasteiger partial charge in [0.2, 0.25) is 0 Å². The molecule has 0 saturated heterocycles. The van der Waals surface area contributed by atoms with E-state index in [2.05, 4.69) is 53.3 Å². The van der Waals surface area contributed by atoms with Gasteiger partial charge in [0.05, 0.1) is 11.4 Å². The number of aromatic nitrogens is 3. The van der Waals surface area contributed by atoms with Crippen molar-refractivity contribution in [3.8, 4) is 0 Å². The maximum absolute atomic E-state index is 10.9. The van der Waals surface area contributed by atoms with Crippen LogP contribution >= 0.6 is 34.2 Å². The second-order valence-corrected chi connectivity index (χ2v) is 7.28. The minimum Gasteiger partial charge on any atom is -0.447 e. The van der Waals surface area contributed by atoms with Crippen LogP contribution in [0.15, 0.2) is 12.5 Å². The molecule has 0 bridgehead atoms. The molecule has 0 spiro atoms. The summed E-state index contributed by atoms with van der Waals surface area (Å²) in [6, 6.07) is -0.123. The summed E-state index contributed by atoms with van der Waals surface area (Å²) in [5.41, 5.74) is 5.64. The van der Waals surface area contributed by atoms with Gasteiger partial charge in [0.25, 0.3) is 0 Å². The molecule has 2 rings (SSSR count). The number of fused-ring (bicyclic) bond motifs is 1. The zero-order chi connectivity index (χ0) is 15.8. The molecule has 0 saturated carbocycles. The molecule has 2 aromatic rings. The van der Waals surface area contributed by atoms with Gasteiger partial charge in [0, 0.05) is 9.77 Å². The molecule has 0 aliphatic rings. The number of ether oxygens (including phenoxy) is 1. The van der Waals surface area contributed by atoms with E-state index in [-0.39, 0.29) is 18.1 Å². The molecule has 1 amide bonds. The number of primary amides is 1. The average molecular weight is 423 g/mol. The minimum absolute atomic E-state index is 0.123. The van der Waals surface area contributed by atoms with Crippen LogP contribution in [0.3, 0.4) is 0 Å². The monoisotopic (exact) mass is 422 g/mol. The lowest BCUT2D eigenvalue weighted by Gasteiger charge is -2.31. The summed E-state index contributed by atoms with van der Waals surface area (Å²) < 4.78 is 7.92. The van der Waals surface area contributed by atoms with Crippen LogP contribution in [0.5, 0.6) is 0 Å². The summed E-state index contributed by atoms with van der Waals surface area (Å²) in [6.07, 6.45) is 2.57. The molecule has 0 fully saturated rings. The fourth-order valence-corrected chi connectivity index (χ4v) is 3.34. The van der Waals surface area contributed by atoms with E-state index < -0.39 is 6.09 Å². The predicted octanol–water partition coefficient (Wildman–Crippen LogP) is 3.37. The first-order chi connectivity index (χ1) is 9.71. The molecule has 0 aromatic carbocycles. The van der Waals surface area contributed by atoms with Gasteiger partial charge in [-0.15, -0.1) is 0 Å². The maximum Gasteiger partial charge on any atom is 0.404 e. The van der Waals surface area contributed by atoms with Gasteiger partial charge in [-0.25, -0.2) is 14.8 Å². The highest BCUT2D eigenvalue weighted by Crippen LogP contribution is 2.36. The summed E-state index contributed by atoms with van der Waals surface area (Å²) in [6.45, 7) is 6.34. The number of rotatable bonds is 3. The van der Waals surface area contributed by atoms with E-state index in [9.17, 15) is 4.79 Å². The van der Waals surface area contributed by atoms with Gasteiger partial charge in [-0.3, -0.25) is 0 Å². The molecule has 114 valence electrons. The number of carbonyl (C=O) groups excluding carboxylic acids is 1. The number of nitrogens with zero attached hydrogens (tertiary/aromatic N) is 3. The molecule has 2 aromatic heterocycles. The number of amides is 1. The van der Waals surface area contributed by atoms with Crippen LogP contribution in [0.25, 0.3) is 11.0 Å². The van der Waals surface area contributed by atoms with Gasteiger partial charge in [-0.1, -0.05) is 32.4 Å². The molecular formula is C13H16ClIN4O2. The van der Waals surface area contributed by atoms with E-state index in [0.717, 1.165) is 8.96 Å². The molecule has 1 unspecified atom stereocenters. The quantitative estimate of drug-likeness (QED) is 0.607. The molecule has 2 heterocycles. The number of nitrogens with two attached hydrogens (primary N) is 1. The normalized spacial score (nSPS) is 13.4. The third-order valence-electron chi connectivity index (χ3n) is 3.24. The summed E-state index contributed by atoms with van der Waals surface area (Å²) in [7, 11) is 0. The molecule has 1 atom stereocenters.